The first kappa shape index (κ1) is 25.4. The van der Waals surface area contributed by atoms with Gasteiger partial charge in [-0.25, -0.2) is 0 Å². The summed E-state index contributed by atoms with van der Waals surface area (Å²) in [5.74, 6) is 2.47. The van der Waals surface area contributed by atoms with Crippen molar-refractivity contribution < 1.29 is 23.8 Å². The second-order valence-electron chi connectivity index (χ2n) is 12.2. The lowest BCUT2D eigenvalue weighted by molar-refractivity contribution is -0.161. The summed E-state index contributed by atoms with van der Waals surface area (Å²) in [6.45, 7) is 8.30. The Morgan fingerprint density at radius 1 is 0.972 bits per heavy atom. The Kier molecular flexibility index (Phi) is 6.72. The molecule has 0 aromatic heterocycles. The zero-order valence-corrected chi connectivity index (χ0v) is 22.5. The molecule has 4 aliphatic rings. The quantitative estimate of drug-likeness (QED) is 0.332. The fourth-order valence-corrected chi connectivity index (χ4v) is 8.59. The molecule has 0 radical (unpaired) electrons. The average Bonchev–Trinajstić information content (AvgIpc) is 3.21. The molecule has 1 aromatic rings. The molecule has 5 nitrogen and oxygen atoms in total. The summed E-state index contributed by atoms with van der Waals surface area (Å²) in [5, 5.41) is 0. The summed E-state index contributed by atoms with van der Waals surface area (Å²) >= 11 is 0. The van der Waals surface area contributed by atoms with Gasteiger partial charge in [0.2, 0.25) is 0 Å². The molecule has 5 heteroatoms. The van der Waals surface area contributed by atoms with Crippen molar-refractivity contribution in [3.63, 3.8) is 0 Å². The number of ether oxygens (including phenoxy) is 3. The molecule has 4 aliphatic carbocycles. The molecule has 0 amide bonds. The molecule has 3 saturated carbocycles. The van der Waals surface area contributed by atoms with Gasteiger partial charge in [0.1, 0.15) is 18.0 Å². The van der Waals surface area contributed by atoms with Crippen molar-refractivity contribution in [2.75, 3.05) is 7.11 Å². The number of fused-ring (bicyclic) bond motifs is 5. The van der Waals surface area contributed by atoms with Crippen LogP contribution in [0.3, 0.4) is 0 Å². The number of carbonyl (C=O) groups excluding carboxylic acids is 2. The molecule has 0 unspecified atom stereocenters. The molecule has 196 valence electrons. The minimum Gasteiger partial charge on any atom is -0.497 e. The lowest BCUT2D eigenvalue weighted by atomic mass is 9.47. The van der Waals surface area contributed by atoms with Crippen LogP contribution in [-0.2, 0) is 19.1 Å². The Morgan fingerprint density at radius 3 is 2.42 bits per heavy atom. The van der Waals surface area contributed by atoms with E-state index in [4.69, 9.17) is 14.2 Å². The highest BCUT2D eigenvalue weighted by Gasteiger charge is 2.60. The summed E-state index contributed by atoms with van der Waals surface area (Å²) < 4.78 is 16.9. The molecular formula is C31H42O5. The van der Waals surface area contributed by atoms with Gasteiger partial charge in [0.25, 0.3) is 0 Å². The molecule has 3 fully saturated rings. The second-order valence-corrected chi connectivity index (χ2v) is 12.2. The number of allylic oxidation sites excluding steroid dienone is 1. The van der Waals surface area contributed by atoms with E-state index in [-0.39, 0.29) is 40.9 Å². The zero-order valence-electron chi connectivity index (χ0n) is 22.5. The van der Waals surface area contributed by atoms with E-state index in [0.717, 1.165) is 49.8 Å². The highest BCUT2D eigenvalue weighted by Crippen LogP contribution is 2.67. The minimum absolute atomic E-state index is 0.0183. The molecule has 0 N–H and O–H groups in total. The van der Waals surface area contributed by atoms with Gasteiger partial charge in [-0.1, -0.05) is 31.6 Å². The Morgan fingerprint density at radius 2 is 1.72 bits per heavy atom. The maximum atomic E-state index is 13.5. The van der Waals surface area contributed by atoms with E-state index >= 15 is 0 Å². The molecule has 0 spiro atoms. The summed E-state index contributed by atoms with van der Waals surface area (Å²) in [6, 6.07) is 7.79. The molecule has 8 atom stereocenters. The van der Waals surface area contributed by atoms with Crippen LogP contribution in [0.15, 0.2) is 35.9 Å². The number of carbonyl (C=O) groups is 2. The molecule has 0 aliphatic heterocycles. The maximum absolute atomic E-state index is 13.5. The van der Waals surface area contributed by atoms with Crippen LogP contribution in [-0.4, -0.2) is 25.2 Å². The van der Waals surface area contributed by atoms with E-state index in [1.807, 2.05) is 31.2 Å². The van der Waals surface area contributed by atoms with E-state index < -0.39 is 0 Å². The van der Waals surface area contributed by atoms with E-state index in [2.05, 4.69) is 19.9 Å². The summed E-state index contributed by atoms with van der Waals surface area (Å²) in [6.07, 6.45) is 10.5. The zero-order chi connectivity index (χ0) is 25.7. The SMILES string of the molecule is COc1ccc([C@H](C)OC(=O)[C@H]2CC[C@H]3[C@@H]4CCC5=C[C@@H](OC(C)=O)CC[C@]5(C)[C@H]4CC[C@]23C)cc1. The Hall–Kier alpha value is -2.30. The third-order valence-corrected chi connectivity index (χ3v) is 10.6. The molecule has 1 aromatic carbocycles. The van der Waals surface area contributed by atoms with Gasteiger partial charge < -0.3 is 14.2 Å². The van der Waals surface area contributed by atoms with E-state index in [1.165, 1.54) is 25.3 Å². The van der Waals surface area contributed by atoms with Crippen LogP contribution in [0.25, 0.3) is 0 Å². The van der Waals surface area contributed by atoms with E-state index in [0.29, 0.717) is 17.8 Å². The fraction of sp³-hybridized carbons (Fsp3) is 0.677. The van der Waals surface area contributed by atoms with Gasteiger partial charge in [0.05, 0.1) is 13.0 Å². The lowest BCUT2D eigenvalue weighted by Crippen LogP contribution is -2.51. The standard InChI is InChI=1S/C31H42O5/c1-19(21-6-9-23(34-5)10-7-21)35-29(33)28-13-12-26-25-11-8-22-18-24(36-20(2)32)14-16-30(22,3)27(25)15-17-31(26,28)4/h6-7,9-10,18-19,24-28H,8,11-17H2,1-5H3/t19-,24-,25-,26-,27-,28+,30-,31-/m0/s1. The Labute approximate surface area is 216 Å². The third kappa shape index (κ3) is 4.26. The van der Waals surface area contributed by atoms with Gasteiger partial charge >= 0.3 is 11.9 Å². The number of methoxy groups -OCH3 is 1. The summed E-state index contributed by atoms with van der Waals surface area (Å²) in [7, 11) is 1.65. The van der Waals surface area contributed by atoms with Gasteiger partial charge in [-0.2, -0.15) is 0 Å². The van der Waals surface area contributed by atoms with Crippen molar-refractivity contribution in [3.8, 4) is 5.75 Å². The predicted molar refractivity (Wildman–Crippen MR) is 138 cm³/mol. The number of esters is 2. The number of hydrogen-bond donors (Lipinski definition) is 0. The van der Waals surface area contributed by atoms with Crippen molar-refractivity contribution in [1.29, 1.82) is 0 Å². The summed E-state index contributed by atoms with van der Waals surface area (Å²) in [5.41, 5.74) is 2.72. The first-order valence-corrected chi connectivity index (χ1v) is 13.9. The van der Waals surface area contributed by atoms with Crippen LogP contribution < -0.4 is 4.74 Å². The van der Waals surface area contributed by atoms with Crippen molar-refractivity contribution in [1.82, 2.24) is 0 Å². The maximum Gasteiger partial charge on any atom is 0.310 e. The summed E-state index contributed by atoms with van der Waals surface area (Å²) in [4.78, 5) is 25.0. The molecule has 0 heterocycles. The van der Waals surface area contributed by atoms with Gasteiger partial charge in [-0.15, -0.1) is 0 Å². The van der Waals surface area contributed by atoms with Gasteiger partial charge in [-0.3, -0.25) is 9.59 Å². The van der Waals surface area contributed by atoms with Crippen molar-refractivity contribution >= 4 is 11.9 Å². The normalized spacial score (nSPS) is 38.0. The van der Waals surface area contributed by atoms with Crippen LogP contribution in [0.5, 0.6) is 5.75 Å². The van der Waals surface area contributed by atoms with Crippen molar-refractivity contribution in [2.24, 2.45) is 34.5 Å². The van der Waals surface area contributed by atoms with Gasteiger partial charge in [0.15, 0.2) is 0 Å². The Bertz CT molecular complexity index is 1030. The molecule has 0 bridgehead atoms. The van der Waals surface area contributed by atoms with Crippen molar-refractivity contribution in [3.05, 3.63) is 41.5 Å². The second kappa shape index (κ2) is 9.54. The lowest BCUT2D eigenvalue weighted by Gasteiger charge is -2.58. The van der Waals surface area contributed by atoms with Crippen LogP contribution >= 0.6 is 0 Å². The third-order valence-electron chi connectivity index (χ3n) is 10.6. The van der Waals surface area contributed by atoms with Gasteiger partial charge in [0, 0.05) is 6.92 Å². The van der Waals surface area contributed by atoms with Crippen molar-refractivity contribution in [2.45, 2.75) is 91.3 Å². The first-order valence-electron chi connectivity index (χ1n) is 13.9. The highest BCUT2D eigenvalue weighted by molar-refractivity contribution is 5.74. The van der Waals surface area contributed by atoms with E-state index in [1.54, 1.807) is 7.11 Å². The van der Waals surface area contributed by atoms with E-state index in [9.17, 15) is 9.59 Å². The number of rotatable bonds is 5. The van der Waals surface area contributed by atoms with Crippen LogP contribution in [0.4, 0.5) is 0 Å². The fourth-order valence-electron chi connectivity index (χ4n) is 8.59. The molecular weight excluding hydrogens is 452 g/mol. The highest BCUT2D eigenvalue weighted by atomic mass is 16.5. The monoisotopic (exact) mass is 494 g/mol. The first-order chi connectivity index (χ1) is 17.2. The smallest absolute Gasteiger partial charge is 0.310 e. The predicted octanol–water partition coefficient (Wildman–Crippen LogP) is 6.81. The van der Waals surface area contributed by atoms with Crippen LogP contribution in [0.1, 0.15) is 90.7 Å². The topological polar surface area (TPSA) is 61.8 Å². The molecule has 36 heavy (non-hydrogen) atoms. The average molecular weight is 495 g/mol. The number of benzene rings is 1. The Balaban J connectivity index is 1.29. The molecule has 0 saturated heterocycles. The molecule has 5 rings (SSSR count). The minimum atomic E-state index is -0.268. The number of hydrogen-bond acceptors (Lipinski definition) is 5. The van der Waals surface area contributed by atoms with Crippen LogP contribution in [0, 0.1) is 34.5 Å². The van der Waals surface area contributed by atoms with Gasteiger partial charge in [-0.05, 0) is 111 Å². The largest absolute Gasteiger partial charge is 0.497 e. The van der Waals surface area contributed by atoms with Crippen LogP contribution in [0.2, 0.25) is 0 Å².